The van der Waals surface area contributed by atoms with Crippen LogP contribution in [-0.4, -0.2) is 50.7 Å². The van der Waals surface area contributed by atoms with E-state index in [1.165, 1.54) is 38.8 Å². The number of carbonyl (C=O) groups is 1. The summed E-state index contributed by atoms with van der Waals surface area (Å²) < 4.78 is 10.8. The van der Waals surface area contributed by atoms with E-state index in [9.17, 15) is 4.79 Å². The summed E-state index contributed by atoms with van der Waals surface area (Å²) >= 11 is 0. The van der Waals surface area contributed by atoms with E-state index < -0.39 is 0 Å². The first-order valence-electron chi connectivity index (χ1n) is 9.72. The van der Waals surface area contributed by atoms with Crippen LogP contribution in [0.25, 0.3) is 6.08 Å². The highest BCUT2D eigenvalue weighted by Crippen LogP contribution is 2.28. The molecule has 1 N–H and O–H groups in total. The largest absolute Gasteiger partial charge is 0.493 e. The molecule has 144 valence electrons. The van der Waals surface area contributed by atoms with Crippen molar-refractivity contribution in [3.63, 3.8) is 0 Å². The van der Waals surface area contributed by atoms with Crippen molar-refractivity contribution in [2.45, 2.75) is 39.0 Å². The van der Waals surface area contributed by atoms with E-state index in [1.807, 2.05) is 25.1 Å². The van der Waals surface area contributed by atoms with E-state index >= 15 is 0 Å². The third-order valence-electron chi connectivity index (χ3n) is 4.56. The molecule has 1 aromatic rings. The van der Waals surface area contributed by atoms with Crippen molar-refractivity contribution < 1.29 is 14.3 Å². The fourth-order valence-corrected chi connectivity index (χ4v) is 3.17. The molecule has 1 aliphatic rings. The van der Waals surface area contributed by atoms with Gasteiger partial charge in [0.25, 0.3) is 0 Å². The number of ether oxygens (including phenoxy) is 2. The smallest absolute Gasteiger partial charge is 0.243 e. The molecule has 0 saturated carbocycles. The lowest BCUT2D eigenvalue weighted by Crippen LogP contribution is -2.30. The minimum atomic E-state index is -0.0614. The van der Waals surface area contributed by atoms with Crippen molar-refractivity contribution in [3.8, 4) is 11.5 Å². The third-order valence-corrected chi connectivity index (χ3v) is 4.56. The van der Waals surface area contributed by atoms with Gasteiger partial charge in [0.15, 0.2) is 11.5 Å². The zero-order valence-electron chi connectivity index (χ0n) is 16.1. The molecular formula is C21H32N2O3. The number of benzene rings is 1. The van der Waals surface area contributed by atoms with Crippen LogP contribution in [0.15, 0.2) is 24.3 Å². The minimum Gasteiger partial charge on any atom is -0.493 e. The molecular weight excluding hydrogens is 328 g/mol. The maximum Gasteiger partial charge on any atom is 0.243 e. The number of amides is 1. The van der Waals surface area contributed by atoms with Gasteiger partial charge in [0.2, 0.25) is 5.91 Å². The van der Waals surface area contributed by atoms with Gasteiger partial charge in [-0.25, -0.2) is 0 Å². The second-order valence-corrected chi connectivity index (χ2v) is 6.58. The first kappa shape index (κ1) is 20.3. The Labute approximate surface area is 157 Å². The average Bonchev–Trinajstić information content (AvgIpc) is 2.93. The van der Waals surface area contributed by atoms with Gasteiger partial charge in [-0.05, 0) is 69.6 Å². The Kier molecular flexibility index (Phi) is 9.04. The Morgan fingerprint density at radius 2 is 1.96 bits per heavy atom. The normalized spacial score (nSPS) is 15.6. The zero-order valence-corrected chi connectivity index (χ0v) is 16.1. The molecule has 1 amide bonds. The van der Waals surface area contributed by atoms with E-state index in [0.29, 0.717) is 24.7 Å². The van der Waals surface area contributed by atoms with E-state index in [4.69, 9.17) is 9.47 Å². The number of nitrogens with zero attached hydrogens (tertiary/aromatic N) is 1. The lowest BCUT2D eigenvalue weighted by atomic mass is 10.2. The Hall–Kier alpha value is -2.01. The highest BCUT2D eigenvalue weighted by molar-refractivity contribution is 5.91. The van der Waals surface area contributed by atoms with Gasteiger partial charge in [-0.1, -0.05) is 18.9 Å². The van der Waals surface area contributed by atoms with Crippen LogP contribution in [0, 0.1) is 0 Å². The maximum absolute atomic E-state index is 12.0. The molecule has 0 spiro atoms. The molecule has 5 nitrogen and oxygen atoms in total. The summed E-state index contributed by atoms with van der Waals surface area (Å²) in [7, 11) is 1.61. The van der Waals surface area contributed by atoms with Gasteiger partial charge >= 0.3 is 0 Å². The van der Waals surface area contributed by atoms with E-state index in [-0.39, 0.29) is 5.91 Å². The molecule has 0 atom stereocenters. The summed E-state index contributed by atoms with van der Waals surface area (Å²) in [4.78, 5) is 14.5. The van der Waals surface area contributed by atoms with Gasteiger partial charge in [-0.2, -0.15) is 0 Å². The summed E-state index contributed by atoms with van der Waals surface area (Å²) in [5.41, 5.74) is 0.907. The number of methoxy groups -OCH3 is 1. The molecule has 0 bridgehead atoms. The van der Waals surface area contributed by atoms with Gasteiger partial charge in [0, 0.05) is 12.6 Å². The monoisotopic (exact) mass is 360 g/mol. The molecule has 0 aliphatic carbocycles. The Morgan fingerprint density at radius 3 is 2.65 bits per heavy atom. The highest BCUT2D eigenvalue weighted by atomic mass is 16.5. The van der Waals surface area contributed by atoms with Crippen LogP contribution in [-0.2, 0) is 4.79 Å². The summed E-state index contributed by atoms with van der Waals surface area (Å²) in [6.07, 6.45) is 9.68. The number of carbonyl (C=O) groups excluding carboxylic acids is 1. The Bertz CT molecular complexity index is 579. The SMILES string of the molecule is CCOc1ccc(C=CC(=O)NCCCN2CCCCCC2)cc1OC. The average molecular weight is 360 g/mol. The Balaban J connectivity index is 1.73. The van der Waals surface area contributed by atoms with Crippen molar-refractivity contribution in [2.75, 3.05) is 39.9 Å². The van der Waals surface area contributed by atoms with Gasteiger partial charge < -0.3 is 19.7 Å². The first-order chi connectivity index (χ1) is 12.7. The topological polar surface area (TPSA) is 50.8 Å². The summed E-state index contributed by atoms with van der Waals surface area (Å²) in [5.74, 6) is 1.32. The van der Waals surface area contributed by atoms with Crippen molar-refractivity contribution in [1.29, 1.82) is 0 Å². The quantitative estimate of drug-likeness (QED) is 0.541. The molecule has 0 radical (unpaired) electrons. The van der Waals surface area contributed by atoms with Gasteiger partial charge in [-0.3, -0.25) is 4.79 Å². The van der Waals surface area contributed by atoms with Crippen LogP contribution in [0.3, 0.4) is 0 Å². The van der Waals surface area contributed by atoms with E-state index in [1.54, 1.807) is 19.3 Å². The molecule has 1 aliphatic heterocycles. The predicted octanol–water partition coefficient (Wildman–Crippen LogP) is 3.49. The number of hydrogen-bond donors (Lipinski definition) is 1. The predicted molar refractivity (Wildman–Crippen MR) is 106 cm³/mol. The van der Waals surface area contributed by atoms with Crippen molar-refractivity contribution >= 4 is 12.0 Å². The molecule has 1 saturated heterocycles. The lowest BCUT2D eigenvalue weighted by molar-refractivity contribution is -0.116. The number of hydrogen-bond acceptors (Lipinski definition) is 4. The van der Waals surface area contributed by atoms with Crippen LogP contribution in [0.5, 0.6) is 11.5 Å². The van der Waals surface area contributed by atoms with Crippen molar-refractivity contribution in [1.82, 2.24) is 10.2 Å². The summed E-state index contributed by atoms with van der Waals surface area (Å²) in [6.45, 7) is 6.71. The maximum atomic E-state index is 12.0. The second kappa shape index (κ2) is 11.6. The fourth-order valence-electron chi connectivity index (χ4n) is 3.17. The van der Waals surface area contributed by atoms with Gasteiger partial charge in [-0.15, -0.1) is 0 Å². The van der Waals surface area contributed by atoms with Crippen LogP contribution in [0.4, 0.5) is 0 Å². The molecule has 2 rings (SSSR count). The molecule has 5 heteroatoms. The lowest BCUT2D eigenvalue weighted by Gasteiger charge is -2.19. The van der Waals surface area contributed by atoms with Crippen LogP contribution < -0.4 is 14.8 Å². The summed E-state index contributed by atoms with van der Waals surface area (Å²) in [5, 5.41) is 2.96. The van der Waals surface area contributed by atoms with Gasteiger partial charge in [0.05, 0.1) is 13.7 Å². The number of nitrogens with one attached hydrogen (secondary N) is 1. The minimum absolute atomic E-state index is 0.0614. The van der Waals surface area contributed by atoms with Crippen LogP contribution in [0.1, 0.15) is 44.6 Å². The van der Waals surface area contributed by atoms with Crippen LogP contribution in [0.2, 0.25) is 0 Å². The summed E-state index contributed by atoms with van der Waals surface area (Å²) in [6, 6.07) is 5.64. The molecule has 1 aromatic carbocycles. The van der Waals surface area contributed by atoms with E-state index in [2.05, 4.69) is 10.2 Å². The van der Waals surface area contributed by atoms with Gasteiger partial charge in [0.1, 0.15) is 0 Å². The molecule has 1 heterocycles. The number of likely N-dealkylation sites (tertiary alicyclic amines) is 1. The molecule has 0 aromatic heterocycles. The molecule has 0 unspecified atom stereocenters. The van der Waals surface area contributed by atoms with E-state index in [0.717, 1.165) is 18.5 Å². The molecule has 1 fully saturated rings. The zero-order chi connectivity index (χ0) is 18.6. The fraction of sp³-hybridized carbons (Fsp3) is 0.571. The van der Waals surface area contributed by atoms with Crippen LogP contribution >= 0.6 is 0 Å². The standard InChI is InChI=1S/C21H32N2O3/c1-3-26-19-11-9-18(17-20(19)25-2)10-12-21(24)22-13-8-16-23-14-6-4-5-7-15-23/h9-12,17H,3-8,13-16H2,1-2H3,(H,22,24). The first-order valence-corrected chi connectivity index (χ1v) is 9.72. The number of rotatable bonds is 9. The van der Waals surface area contributed by atoms with Crippen molar-refractivity contribution in [3.05, 3.63) is 29.8 Å². The van der Waals surface area contributed by atoms with Crippen molar-refractivity contribution in [2.24, 2.45) is 0 Å². The third kappa shape index (κ3) is 7.08. The Morgan fingerprint density at radius 1 is 1.19 bits per heavy atom. The molecule has 26 heavy (non-hydrogen) atoms. The highest BCUT2D eigenvalue weighted by Gasteiger charge is 2.08. The second-order valence-electron chi connectivity index (χ2n) is 6.58.